The third-order valence-corrected chi connectivity index (χ3v) is 7.71. The van der Waals surface area contributed by atoms with Gasteiger partial charge in [0.1, 0.15) is 11.9 Å². The molecule has 0 N–H and O–H groups in total. The first kappa shape index (κ1) is 16.8. The average Bonchev–Trinajstić information content (AvgIpc) is 3.00. The molecule has 0 bridgehead atoms. The van der Waals surface area contributed by atoms with Gasteiger partial charge in [-0.1, -0.05) is 0 Å². The third-order valence-electron chi connectivity index (χ3n) is 5.71. The third kappa shape index (κ3) is 3.13. The molecule has 4 rings (SSSR count). The van der Waals surface area contributed by atoms with E-state index in [0.29, 0.717) is 12.1 Å². The monoisotopic (exact) mass is 360 g/mol. The molecule has 1 aromatic heterocycles. The molecule has 0 aromatic carbocycles. The van der Waals surface area contributed by atoms with Gasteiger partial charge in [-0.25, -0.2) is 13.4 Å². The Morgan fingerprint density at radius 1 is 1.12 bits per heavy atom. The molecule has 1 aliphatic carbocycles. The summed E-state index contributed by atoms with van der Waals surface area (Å²) in [5, 5.41) is 9.54. The van der Waals surface area contributed by atoms with Gasteiger partial charge in [-0.3, -0.25) is 0 Å². The summed E-state index contributed by atoms with van der Waals surface area (Å²) < 4.78 is 26.0. The Balaban J connectivity index is 1.52. The SMILES string of the molecule is N#Cc1cc2c(nc1N1CCC(N3CCCS3(=O)=O)CC1)CCCC2. The van der Waals surface area contributed by atoms with Gasteiger partial charge >= 0.3 is 0 Å². The fraction of sp³-hybridized carbons (Fsp3) is 0.667. The molecule has 134 valence electrons. The van der Waals surface area contributed by atoms with E-state index >= 15 is 0 Å². The molecular weight excluding hydrogens is 336 g/mol. The van der Waals surface area contributed by atoms with Crippen molar-refractivity contribution in [1.29, 1.82) is 5.26 Å². The van der Waals surface area contributed by atoms with Crippen molar-refractivity contribution in [2.45, 2.75) is 51.0 Å². The highest BCUT2D eigenvalue weighted by Crippen LogP contribution is 2.30. The Labute approximate surface area is 149 Å². The largest absolute Gasteiger partial charge is 0.355 e. The maximum absolute atomic E-state index is 12.1. The summed E-state index contributed by atoms with van der Waals surface area (Å²) in [7, 11) is -3.05. The Bertz CT molecular complexity index is 807. The molecule has 1 aromatic rings. The average molecular weight is 360 g/mol. The van der Waals surface area contributed by atoms with Crippen LogP contribution in [-0.2, 0) is 22.9 Å². The molecule has 7 heteroatoms. The molecule has 2 fully saturated rings. The van der Waals surface area contributed by atoms with Crippen molar-refractivity contribution >= 4 is 15.8 Å². The molecule has 0 atom stereocenters. The number of nitriles is 1. The number of hydrogen-bond acceptors (Lipinski definition) is 5. The first-order valence-electron chi connectivity index (χ1n) is 9.26. The number of fused-ring (bicyclic) bond motifs is 1. The second kappa shape index (κ2) is 6.58. The van der Waals surface area contributed by atoms with Gasteiger partial charge in [0.05, 0.1) is 11.3 Å². The van der Waals surface area contributed by atoms with Crippen LogP contribution in [0.25, 0.3) is 0 Å². The van der Waals surface area contributed by atoms with Crippen molar-refractivity contribution in [1.82, 2.24) is 9.29 Å². The summed E-state index contributed by atoms with van der Waals surface area (Å²) in [4.78, 5) is 7.00. The Morgan fingerprint density at radius 3 is 2.56 bits per heavy atom. The van der Waals surface area contributed by atoms with Gasteiger partial charge in [-0.2, -0.15) is 9.57 Å². The van der Waals surface area contributed by atoms with Crippen LogP contribution in [0.15, 0.2) is 6.07 Å². The van der Waals surface area contributed by atoms with Crippen molar-refractivity contribution < 1.29 is 8.42 Å². The maximum atomic E-state index is 12.1. The van der Waals surface area contributed by atoms with Crippen molar-refractivity contribution in [3.63, 3.8) is 0 Å². The predicted molar refractivity (Wildman–Crippen MR) is 95.9 cm³/mol. The van der Waals surface area contributed by atoms with E-state index in [9.17, 15) is 13.7 Å². The van der Waals surface area contributed by atoms with E-state index in [1.54, 1.807) is 4.31 Å². The molecule has 3 heterocycles. The van der Waals surface area contributed by atoms with E-state index in [1.165, 1.54) is 18.4 Å². The van der Waals surface area contributed by atoms with Gasteiger partial charge in [0.25, 0.3) is 0 Å². The first-order valence-corrected chi connectivity index (χ1v) is 10.9. The minimum Gasteiger partial charge on any atom is -0.355 e. The minimum atomic E-state index is -3.05. The van der Waals surface area contributed by atoms with Crippen LogP contribution in [0.1, 0.15) is 48.9 Å². The summed E-state index contributed by atoms with van der Waals surface area (Å²) in [6.45, 7) is 2.18. The number of rotatable bonds is 2. The zero-order chi connectivity index (χ0) is 17.4. The molecule has 0 amide bonds. The number of aryl methyl sites for hydroxylation is 2. The number of pyridine rings is 1. The lowest BCUT2D eigenvalue weighted by atomic mass is 9.94. The summed E-state index contributed by atoms with van der Waals surface area (Å²) in [5.74, 6) is 1.09. The summed E-state index contributed by atoms with van der Waals surface area (Å²) in [5.41, 5.74) is 3.03. The molecule has 3 aliphatic rings. The van der Waals surface area contributed by atoms with E-state index in [0.717, 1.165) is 56.7 Å². The Hall–Kier alpha value is -1.65. The highest BCUT2D eigenvalue weighted by molar-refractivity contribution is 7.89. The van der Waals surface area contributed by atoms with Crippen LogP contribution in [0, 0.1) is 11.3 Å². The van der Waals surface area contributed by atoms with Gasteiger partial charge < -0.3 is 4.90 Å². The predicted octanol–water partition coefficient (Wildman–Crippen LogP) is 1.84. The fourth-order valence-electron chi connectivity index (χ4n) is 4.38. The van der Waals surface area contributed by atoms with Gasteiger partial charge in [0.15, 0.2) is 0 Å². The van der Waals surface area contributed by atoms with E-state index in [4.69, 9.17) is 4.98 Å². The molecule has 2 saturated heterocycles. The van der Waals surface area contributed by atoms with Crippen molar-refractivity contribution in [3.8, 4) is 6.07 Å². The highest BCUT2D eigenvalue weighted by Gasteiger charge is 2.36. The van der Waals surface area contributed by atoms with Gasteiger partial charge in [0.2, 0.25) is 10.0 Å². The van der Waals surface area contributed by atoms with Gasteiger partial charge in [-0.15, -0.1) is 0 Å². The van der Waals surface area contributed by atoms with E-state index in [2.05, 4.69) is 11.0 Å². The molecule has 0 radical (unpaired) electrons. The van der Waals surface area contributed by atoms with Crippen LogP contribution in [-0.4, -0.2) is 49.1 Å². The number of nitrogens with zero attached hydrogens (tertiary/aromatic N) is 4. The molecule has 0 saturated carbocycles. The minimum absolute atomic E-state index is 0.104. The van der Waals surface area contributed by atoms with Crippen LogP contribution in [0.4, 0.5) is 5.82 Å². The molecule has 6 nitrogen and oxygen atoms in total. The second-order valence-corrected chi connectivity index (χ2v) is 9.32. The van der Waals surface area contributed by atoms with Crippen LogP contribution in [0.5, 0.6) is 0 Å². The first-order chi connectivity index (χ1) is 12.1. The zero-order valence-electron chi connectivity index (χ0n) is 14.4. The number of anilines is 1. The Morgan fingerprint density at radius 2 is 1.88 bits per heavy atom. The van der Waals surface area contributed by atoms with Crippen LogP contribution >= 0.6 is 0 Å². The lowest BCUT2D eigenvalue weighted by Gasteiger charge is -2.37. The van der Waals surface area contributed by atoms with Gasteiger partial charge in [-0.05, 0) is 56.6 Å². The van der Waals surface area contributed by atoms with Crippen molar-refractivity contribution in [2.24, 2.45) is 0 Å². The van der Waals surface area contributed by atoms with E-state index in [1.807, 2.05) is 6.07 Å². The normalized spacial score (nSPS) is 24.0. The van der Waals surface area contributed by atoms with Crippen molar-refractivity contribution in [2.75, 3.05) is 30.3 Å². The molecule has 0 unspecified atom stereocenters. The lowest BCUT2D eigenvalue weighted by Crippen LogP contribution is -2.46. The smallest absolute Gasteiger partial charge is 0.214 e. The molecular formula is C18H24N4O2S. The van der Waals surface area contributed by atoms with Gasteiger partial charge in [0, 0.05) is 31.4 Å². The van der Waals surface area contributed by atoms with E-state index < -0.39 is 10.0 Å². The number of piperidine rings is 1. The highest BCUT2D eigenvalue weighted by atomic mass is 32.2. The Kier molecular flexibility index (Phi) is 4.42. The number of hydrogen-bond donors (Lipinski definition) is 0. The summed E-state index contributed by atoms with van der Waals surface area (Å²) in [6.07, 6.45) is 6.72. The zero-order valence-corrected chi connectivity index (χ0v) is 15.3. The molecule has 0 spiro atoms. The quantitative estimate of drug-likeness (QED) is 0.804. The lowest BCUT2D eigenvalue weighted by molar-refractivity contribution is 0.290. The summed E-state index contributed by atoms with van der Waals surface area (Å²) in [6, 6.07) is 4.44. The van der Waals surface area contributed by atoms with Crippen LogP contribution in [0.2, 0.25) is 0 Å². The van der Waals surface area contributed by atoms with E-state index in [-0.39, 0.29) is 11.8 Å². The number of aromatic nitrogens is 1. The second-order valence-electron chi connectivity index (χ2n) is 7.28. The van der Waals surface area contributed by atoms with Crippen LogP contribution in [0.3, 0.4) is 0 Å². The topological polar surface area (TPSA) is 77.3 Å². The van der Waals surface area contributed by atoms with Crippen LogP contribution < -0.4 is 4.90 Å². The molecule has 2 aliphatic heterocycles. The molecule has 25 heavy (non-hydrogen) atoms. The maximum Gasteiger partial charge on any atom is 0.214 e. The standard InChI is InChI=1S/C18H24N4O2S/c19-13-15-12-14-4-1-2-5-17(14)20-18(15)21-9-6-16(7-10-21)22-8-3-11-25(22,23)24/h12,16H,1-11H2. The van der Waals surface area contributed by atoms with Crippen molar-refractivity contribution in [3.05, 3.63) is 22.9 Å². The number of sulfonamides is 1. The summed E-state index contributed by atoms with van der Waals surface area (Å²) >= 11 is 0. The fourth-order valence-corrected chi connectivity index (χ4v) is 6.18.